The van der Waals surface area contributed by atoms with Gasteiger partial charge in [0, 0.05) is 10.6 Å². The number of hydrogen-bond acceptors (Lipinski definition) is 4. The van der Waals surface area contributed by atoms with Crippen molar-refractivity contribution in [2.24, 2.45) is 0 Å². The average molecular weight is 274 g/mol. The van der Waals surface area contributed by atoms with Crippen molar-refractivity contribution in [2.45, 2.75) is 30.6 Å². The number of aliphatic hydroxyl groups is 1. The molecule has 0 aliphatic rings. The second-order valence-electron chi connectivity index (χ2n) is 4.07. The van der Waals surface area contributed by atoms with Gasteiger partial charge in [0.25, 0.3) is 0 Å². The zero-order chi connectivity index (χ0) is 12.9. The second-order valence-corrected chi connectivity index (χ2v) is 7.91. The van der Waals surface area contributed by atoms with E-state index >= 15 is 0 Å². The van der Waals surface area contributed by atoms with Crippen LogP contribution >= 0.6 is 11.8 Å². The zero-order valence-electron chi connectivity index (χ0n) is 10.1. The number of hydrogen-bond donors (Lipinski definition) is 1. The smallest absolute Gasteiger partial charge is 0.153 e. The predicted molar refractivity (Wildman–Crippen MR) is 72.0 cm³/mol. The number of aliphatic hydroxyl groups excluding tert-OH is 1. The number of benzene rings is 1. The lowest BCUT2D eigenvalue weighted by Crippen LogP contribution is -2.18. The minimum Gasteiger partial charge on any atom is -0.392 e. The molecule has 1 aromatic carbocycles. The Morgan fingerprint density at radius 3 is 2.29 bits per heavy atom. The molecule has 0 radical (unpaired) electrons. The molecule has 0 fully saturated rings. The highest BCUT2D eigenvalue weighted by Gasteiger charge is 2.15. The van der Waals surface area contributed by atoms with Crippen LogP contribution in [0.25, 0.3) is 0 Å². The lowest BCUT2D eigenvalue weighted by Gasteiger charge is -2.07. The van der Waals surface area contributed by atoms with Crippen LogP contribution in [0.1, 0.15) is 19.4 Å². The van der Waals surface area contributed by atoms with Crippen LogP contribution in [0.2, 0.25) is 0 Å². The van der Waals surface area contributed by atoms with Gasteiger partial charge in [0.05, 0.1) is 17.6 Å². The number of sulfone groups is 1. The van der Waals surface area contributed by atoms with Crippen LogP contribution in [0.4, 0.5) is 0 Å². The van der Waals surface area contributed by atoms with Crippen LogP contribution in [-0.4, -0.2) is 30.3 Å². The molecule has 0 aromatic heterocycles. The highest BCUT2D eigenvalue weighted by atomic mass is 32.2. The molecule has 1 rings (SSSR count). The quantitative estimate of drug-likeness (QED) is 0.807. The minimum atomic E-state index is -2.94. The molecular weight excluding hydrogens is 256 g/mol. The predicted octanol–water partition coefficient (Wildman–Crippen LogP) is 2.09. The summed E-state index contributed by atoms with van der Waals surface area (Å²) in [5, 5.41) is 8.58. The van der Waals surface area contributed by atoms with Gasteiger partial charge < -0.3 is 5.11 Å². The normalized spacial score (nSPS) is 12.0. The number of rotatable bonds is 6. The van der Waals surface area contributed by atoms with Crippen molar-refractivity contribution in [1.82, 2.24) is 0 Å². The Morgan fingerprint density at radius 2 is 1.82 bits per heavy atom. The Kier molecular flexibility index (Phi) is 5.49. The van der Waals surface area contributed by atoms with E-state index in [-0.39, 0.29) is 17.6 Å². The molecule has 17 heavy (non-hydrogen) atoms. The van der Waals surface area contributed by atoms with E-state index in [0.717, 1.165) is 10.5 Å². The van der Waals surface area contributed by atoms with E-state index in [1.165, 1.54) is 11.8 Å². The van der Waals surface area contributed by atoms with Gasteiger partial charge >= 0.3 is 0 Å². The maximum atomic E-state index is 11.6. The molecule has 0 heterocycles. The molecule has 1 aromatic rings. The average Bonchev–Trinajstić information content (AvgIpc) is 2.29. The summed E-state index contributed by atoms with van der Waals surface area (Å²) < 4.78 is 23.1. The molecule has 0 saturated heterocycles. The maximum Gasteiger partial charge on any atom is 0.153 e. The second kappa shape index (κ2) is 6.42. The Bertz CT molecular complexity index is 435. The third kappa shape index (κ3) is 4.69. The van der Waals surface area contributed by atoms with E-state index in [1.807, 2.05) is 24.3 Å². The largest absolute Gasteiger partial charge is 0.392 e. The summed E-state index contributed by atoms with van der Waals surface area (Å²) in [4.78, 5) is 1.03. The molecular formula is C12H18O3S2. The summed E-state index contributed by atoms with van der Waals surface area (Å²) >= 11 is 1.52. The molecule has 0 saturated carbocycles. The molecule has 0 amide bonds. The van der Waals surface area contributed by atoms with E-state index in [0.29, 0.717) is 5.75 Å². The Hall–Kier alpha value is -0.520. The topological polar surface area (TPSA) is 54.4 Å². The van der Waals surface area contributed by atoms with Gasteiger partial charge in [0.2, 0.25) is 0 Å². The van der Waals surface area contributed by atoms with E-state index in [2.05, 4.69) is 0 Å². The first-order valence-electron chi connectivity index (χ1n) is 5.50. The molecule has 5 heteroatoms. The third-order valence-corrected chi connectivity index (χ3v) is 5.94. The van der Waals surface area contributed by atoms with Crippen LogP contribution in [0.5, 0.6) is 0 Å². The van der Waals surface area contributed by atoms with Crippen LogP contribution in [-0.2, 0) is 16.4 Å². The van der Waals surface area contributed by atoms with Crippen molar-refractivity contribution in [2.75, 3.05) is 11.5 Å². The Morgan fingerprint density at radius 1 is 1.24 bits per heavy atom. The van der Waals surface area contributed by atoms with Crippen molar-refractivity contribution in [3.63, 3.8) is 0 Å². The van der Waals surface area contributed by atoms with Gasteiger partial charge in [-0.2, -0.15) is 0 Å². The van der Waals surface area contributed by atoms with Gasteiger partial charge in [-0.3, -0.25) is 0 Å². The Labute approximate surface area is 107 Å². The SMILES string of the molecule is CC(C)S(=O)(=O)CCSc1ccc(CO)cc1. The molecule has 3 nitrogen and oxygen atoms in total. The third-order valence-electron chi connectivity index (χ3n) is 2.46. The minimum absolute atomic E-state index is 0.0344. The lowest BCUT2D eigenvalue weighted by molar-refractivity contribution is 0.282. The summed E-state index contributed by atoms with van der Waals surface area (Å²) in [6, 6.07) is 7.50. The summed E-state index contributed by atoms with van der Waals surface area (Å²) in [5.41, 5.74) is 0.865. The first kappa shape index (κ1) is 14.5. The van der Waals surface area contributed by atoms with Crippen LogP contribution in [0.15, 0.2) is 29.2 Å². The van der Waals surface area contributed by atoms with E-state index in [1.54, 1.807) is 13.8 Å². The highest BCUT2D eigenvalue weighted by Crippen LogP contribution is 2.19. The molecule has 0 atom stereocenters. The molecule has 0 aliphatic carbocycles. The van der Waals surface area contributed by atoms with Crippen molar-refractivity contribution in [3.05, 3.63) is 29.8 Å². The summed E-state index contributed by atoms with van der Waals surface area (Å²) in [7, 11) is -2.94. The van der Waals surface area contributed by atoms with Gasteiger partial charge in [-0.05, 0) is 31.5 Å². The van der Waals surface area contributed by atoms with Crippen molar-refractivity contribution < 1.29 is 13.5 Å². The molecule has 0 aliphatic heterocycles. The first-order chi connectivity index (χ1) is 7.95. The van der Waals surface area contributed by atoms with E-state index in [4.69, 9.17) is 5.11 Å². The Balaban J connectivity index is 2.46. The fraction of sp³-hybridized carbons (Fsp3) is 0.500. The van der Waals surface area contributed by atoms with Gasteiger partial charge in [0.1, 0.15) is 0 Å². The van der Waals surface area contributed by atoms with Gasteiger partial charge in [-0.15, -0.1) is 11.8 Å². The summed E-state index contributed by atoms with van der Waals surface area (Å²) in [6.07, 6.45) is 0. The fourth-order valence-electron chi connectivity index (χ4n) is 1.20. The maximum absolute atomic E-state index is 11.6. The van der Waals surface area contributed by atoms with Crippen molar-refractivity contribution in [1.29, 1.82) is 0 Å². The van der Waals surface area contributed by atoms with Crippen LogP contribution < -0.4 is 0 Å². The zero-order valence-corrected chi connectivity index (χ0v) is 11.7. The van der Waals surface area contributed by atoms with E-state index < -0.39 is 9.84 Å². The van der Waals surface area contributed by atoms with Gasteiger partial charge in [0.15, 0.2) is 9.84 Å². The monoisotopic (exact) mass is 274 g/mol. The standard InChI is InChI=1S/C12H18O3S2/c1-10(2)17(14,15)8-7-16-12-5-3-11(9-13)4-6-12/h3-6,10,13H,7-9H2,1-2H3. The van der Waals surface area contributed by atoms with Gasteiger partial charge in [-0.1, -0.05) is 12.1 Å². The van der Waals surface area contributed by atoms with Crippen LogP contribution in [0, 0.1) is 0 Å². The fourth-order valence-corrected chi connectivity index (χ4v) is 3.50. The molecule has 0 spiro atoms. The molecule has 0 unspecified atom stereocenters. The van der Waals surface area contributed by atoms with Crippen LogP contribution in [0.3, 0.4) is 0 Å². The first-order valence-corrected chi connectivity index (χ1v) is 8.20. The van der Waals surface area contributed by atoms with Gasteiger partial charge in [-0.25, -0.2) is 8.42 Å². The summed E-state index contributed by atoms with van der Waals surface area (Å²) in [5.74, 6) is 0.774. The molecule has 1 N–H and O–H groups in total. The van der Waals surface area contributed by atoms with Crippen molar-refractivity contribution in [3.8, 4) is 0 Å². The molecule has 0 bridgehead atoms. The van der Waals surface area contributed by atoms with E-state index in [9.17, 15) is 8.42 Å². The van der Waals surface area contributed by atoms with Crippen molar-refractivity contribution >= 4 is 21.6 Å². The lowest BCUT2D eigenvalue weighted by atomic mass is 10.2. The number of thioether (sulfide) groups is 1. The highest BCUT2D eigenvalue weighted by molar-refractivity contribution is 8.00. The molecule has 96 valence electrons. The summed E-state index contributed by atoms with van der Waals surface area (Å²) in [6.45, 7) is 3.44.